The van der Waals surface area contributed by atoms with Gasteiger partial charge in [-0.05, 0) is 36.0 Å². The highest BCUT2D eigenvalue weighted by Gasteiger charge is 2.59. The zero-order valence-corrected chi connectivity index (χ0v) is 12.0. The Kier molecular flexibility index (Phi) is 7.30. The summed E-state index contributed by atoms with van der Waals surface area (Å²) >= 11 is 0. The van der Waals surface area contributed by atoms with Crippen LogP contribution in [-0.4, -0.2) is 0 Å². The van der Waals surface area contributed by atoms with Gasteiger partial charge in [-0.1, -0.05) is 61.3 Å². The number of fused-ring (bicyclic) bond motifs is 1. The lowest BCUT2D eigenvalue weighted by molar-refractivity contribution is 0.317. The molecule has 0 bridgehead atoms. The van der Waals surface area contributed by atoms with E-state index in [1.807, 2.05) is 13.8 Å². The van der Waals surface area contributed by atoms with E-state index < -0.39 is 0 Å². The minimum absolute atomic E-state index is 0.884. The molecule has 0 aromatic heterocycles. The van der Waals surface area contributed by atoms with E-state index in [2.05, 4.69) is 34.6 Å². The van der Waals surface area contributed by atoms with E-state index in [4.69, 9.17) is 0 Å². The van der Waals surface area contributed by atoms with Gasteiger partial charge in [-0.25, -0.2) is 0 Å². The molecule has 2 fully saturated rings. The summed E-state index contributed by atoms with van der Waals surface area (Å²) in [7, 11) is 0. The van der Waals surface area contributed by atoms with Crippen LogP contribution in [0.2, 0.25) is 0 Å². The van der Waals surface area contributed by atoms with Crippen molar-refractivity contribution in [3.8, 4) is 0 Å². The Bertz CT molecular complexity index is 144. The molecule has 0 saturated heterocycles. The third-order valence-corrected chi connectivity index (χ3v) is 3.99. The molecule has 2 aliphatic rings. The maximum absolute atomic E-state index is 2.40. The predicted octanol–water partition coefficient (Wildman–Crippen LogP) is 5.38. The van der Waals surface area contributed by atoms with Crippen molar-refractivity contribution >= 4 is 0 Å². The average molecular weight is 212 g/mol. The van der Waals surface area contributed by atoms with Crippen LogP contribution in [-0.2, 0) is 0 Å². The van der Waals surface area contributed by atoms with Gasteiger partial charge in [-0.3, -0.25) is 0 Å². The normalized spacial score (nSPS) is 35.2. The van der Waals surface area contributed by atoms with E-state index in [0.29, 0.717) is 0 Å². The molecule has 4 atom stereocenters. The van der Waals surface area contributed by atoms with E-state index in [1.54, 1.807) is 6.42 Å². The summed E-state index contributed by atoms with van der Waals surface area (Å²) < 4.78 is 0. The van der Waals surface area contributed by atoms with Crippen LogP contribution in [0.15, 0.2) is 0 Å². The van der Waals surface area contributed by atoms with Crippen molar-refractivity contribution in [3.05, 3.63) is 0 Å². The molecule has 2 aliphatic carbocycles. The fourth-order valence-corrected chi connectivity index (χ4v) is 2.62. The molecular formula is C15H32. The Labute approximate surface area is 97.8 Å². The van der Waals surface area contributed by atoms with E-state index in [0.717, 1.165) is 17.8 Å². The van der Waals surface area contributed by atoms with Gasteiger partial charge in [0.1, 0.15) is 0 Å². The van der Waals surface area contributed by atoms with Crippen LogP contribution in [0.4, 0.5) is 0 Å². The van der Waals surface area contributed by atoms with Crippen molar-refractivity contribution in [2.24, 2.45) is 29.6 Å². The van der Waals surface area contributed by atoms with E-state index in [-0.39, 0.29) is 0 Å². The molecule has 2 saturated carbocycles. The summed E-state index contributed by atoms with van der Waals surface area (Å²) in [4.78, 5) is 0. The molecule has 2 unspecified atom stereocenters. The molecule has 0 aliphatic heterocycles. The van der Waals surface area contributed by atoms with Gasteiger partial charge in [0.2, 0.25) is 0 Å². The van der Waals surface area contributed by atoms with Gasteiger partial charge in [0.05, 0.1) is 0 Å². The van der Waals surface area contributed by atoms with Crippen molar-refractivity contribution in [3.63, 3.8) is 0 Å². The smallest absolute Gasteiger partial charge is 0.0326 e. The Morgan fingerprint density at radius 2 is 1.60 bits per heavy atom. The van der Waals surface area contributed by atoms with Crippen molar-refractivity contribution in [2.75, 3.05) is 0 Å². The van der Waals surface area contributed by atoms with Gasteiger partial charge < -0.3 is 0 Å². The largest absolute Gasteiger partial charge is 0.0683 e. The Balaban J connectivity index is 0.000000247. The number of hydrogen-bond donors (Lipinski definition) is 0. The lowest BCUT2D eigenvalue weighted by atomic mass is 9.88. The Morgan fingerprint density at radius 3 is 1.67 bits per heavy atom. The first-order chi connectivity index (χ1) is 7.11. The number of hydrogen-bond acceptors (Lipinski definition) is 0. The molecule has 0 radical (unpaired) electrons. The monoisotopic (exact) mass is 212 g/mol. The van der Waals surface area contributed by atoms with Crippen LogP contribution in [0, 0.1) is 29.6 Å². The van der Waals surface area contributed by atoms with E-state index >= 15 is 0 Å². The molecule has 0 aromatic carbocycles. The molecule has 0 amide bonds. The average Bonchev–Trinajstić information content (AvgIpc) is 2.87. The highest BCUT2D eigenvalue weighted by Crippen LogP contribution is 2.65. The van der Waals surface area contributed by atoms with Gasteiger partial charge in [-0.15, -0.1) is 0 Å². The topological polar surface area (TPSA) is 0 Å². The molecule has 0 N–H and O–H groups in total. The molecule has 15 heavy (non-hydrogen) atoms. The van der Waals surface area contributed by atoms with E-state index in [9.17, 15) is 0 Å². The highest BCUT2D eigenvalue weighted by atomic mass is 14.6. The zero-order chi connectivity index (χ0) is 12.0. The summed E-state index contributed by atoms with van der Waals surface area (Å²) in [6, 6.07) is 0. The maximum Gasteiger partial charge on any atom is -0.0326 e. The fourth-order valence-electron chi connectivity index (χ4n) is 2.62. The first-order valence-electron chi connectivity index (χ1n) is 7.11. The second-order valence-corrected chi connectivity index (χ2v) is 5.33. The van der Waals surface area contributed by atoms with Crippen molar-refractivity contribution in [1.82, 2.24) is 0 Å². The molecule has 0 nitrogen and oxygen atoms in total. The molecular weight excluding hydrogens is 180 g/mol. The first kappa shape index (κ1) is 15.0. The molecule has 0 aromatic rings. The molecule has 0 spiro atoms. The van der Waals surface area contributed by atoms with Crippen molar-refractivity contribution in [1.29, 1.82) is 0 Å². The zero-order valence-electron chi connectivity index (χ0n) is 12.0. The van der Waals surface area contributed by atoms with Gasteiger partial charge in [-0.2, -0.15) is 0 Å². The molecule has 92 valence electrons. The third kappa shape index (κ3) is 4.17. The van der Waals surface area contributed by atoms with Crippen LogP contribution >= 0.6 is 0 Å². The standard InChI is InChI=1S/C8H14.C5H12.C2H6/c1-3-6-7-4-5(2)8(6)7;1-4-5(2)3;1-2/h5-8H,3-4H2,1-2H3;5H,4H2,1-3H3;1-2H3/t5-,6+,7?,8?;;/m0../s1. The number of rotatable bonds is 2. The van der Waals surface area contributed by atoms with Gasteiger partial charge >= 0.3 is 0 Å². The molecule has 0 heteroatoms. The lowest BCUT2D eigenvalue weighted by Gasteiger charge is -2.18. The van der Waals surface area contributed by atoms with Gasteiger partial charge in [0.15, 0.2) is 0 Å². The van der Waals surface area contributed by atoms with Crippen molar-refractivity contribution in [2.45, 2.75) is 67.7 Å². The minimum Gasteiger partial charge on any atom is -0.0683 e. The fraction of sp³-hybridized carbons (Fsp3) is 1.00. The third-order valence-electron chi connectivity index (χ3n) is 3.99. The predicted molar refractivity (Wildman–Crippen MR) is 71.0 cm³/mol. The molecule has 0 heterocycles. The summed E-state index contributed by atoms with van der Waals surface area (Å²) in [5.74, 6) is 5.50. The second kappa shape index (κ2) is 7.30. The van der Waals surface area contributed by atoms with Crippen LogP contribution in [0.3, 0.4) is 0 Å². The maximum atomic E-state index is 2.40. The van der Waals surface area contributed by atoms with E-state index in [1.165, 1.54) is 24.7 Å². The first-order valence-corrected chi connectivity index (χ1v) is 7.11. The van der Waals surface area contributed by atoms with Gasteiger partial charge in [0, 0.05) is 0 Å². The SMILES string of the molecule is CC.CCC(C)C.CC[C@@H]1C2C[C@H](C)C21. The molecule has 2 rings (SSSR count). The Hall–Kier alpha value is 0. The highest BCUT2D eigenvalue weighted by molar-refractivity contribution is 5.07. The summed E-state index contributed by atoms with van der Waals surface area (Å²) in [5, 5.41) is 0. The van der Waals surface area contributed by atoms with Crippen LogP contribution in [0.5, 0.6) is 0 Å². The summed E-state index contributed by atoms with van der Waals surface area (Å²) in [6.07, 6.45) is 4.29. The van der Waals surface area contributed by atoms with Crippen LogP contribution < -0.4 is 0 Å². The van der Waals surface area contributed by atoms with Crippen LogP contribution in [0.1, 0.15) is 67.7 Å². The second-order valence-electron chi connectivity index (χ2n) is 5.33. The van der Waals surface area contributed by atoms with Gasteiger partial charge in [0.25, 0.3) is 0 Å². The van der Waals surface area contributed by atoms with Crippen LogP contribution in [0.25, 0.3) is 0 Å². The summed E-state index contributed by atoms with van der Waals surface area (Å²) in [6.45, 7) is 15.4. The Morgan fingerprint density at radius 1 is 1.13 bits per heavy atom. The minimum atomic E-state index is 0.884. The summed E-state index contributed by atoms with van der Waals surface area (Å²) in [5.41, 5.74) is 0. The quantitative estimate of drug-likeness (QED) is 0.576. The van der Waals surface area contributed by atoms with Crippen molar-refractivity contribution < 1.29 is 0 Å². The lowest BCUT2D eigenvalue weighted by Crippen LogP contribution is -2.10.